The smallest absolute Gasteiger partial charge is 0.234 e. The number of likely N-dealkylation sites (tertiary alicyclic amines) is 1. The number of hydrogen-bond donors (Lipinski definition) is 2. The Morgan fingerprint density at radius 2 is 1.86 bits per heavy atom. The monoisotopic (exact) mass is 292 g/mol. The molecule has 4 heteroatoms. The average Bonchev–Trinajstić information content (AvgIpc) is 2.48. The van der Waals surface area contributed by atoms with Gasteiger partial charge in [0.1, 0.15) is 25.3 Å². The summed E-state index contributed by atoms with van der Waals surface area (Å²) < 4.78 is 5.88. The van der Waals surface area contributed by atoms with E-state index in [2.05, 4.69) is 37.0 Å². The number of piperidine rings is 1. The molecule has 2 fully saturated rings. The van der Waals surface area contributed by atoms with Crippen LogP contribution in [-0.4, -0.2) is 44.4 Å². The van der Waals surface area contributed by atoms with Crippen LogP contribution >= 0.6 is 0 Å². The zero-order valence-corrected chi connectivity index (χ0v) is 13.4. The van der Waals surface area contributed by atoms with E-state index in [1.165, 1.54) is 44.7 Å². The molecule has 0 aromatic carbocycles. The second-order valence-electron chi connectivity index (χ2n) is 6.91. The summed E-state index contributed by atoms with van der Waals surface area (Å²) in [5, 5.41) is 0. The molecule has 1 aromatic rings. The summed E-state index contributed by atoms with van der Waals surface area (Å²) in [6, 6.07) is 7.23. The molecular weight excluding hydrogens is 262 g/mol. The van der Waals surface area contributed by atoms with Crippen LogP contribution in [0.15, 0.2) is 24.4 Å². The molecule has 116 valence electrons. The first-order chi connectivity index (χ1) is 10.2. The van der Waals surface area contributed by atoms with Gasteiger partial charge in [-0.25, -0.2) is 4.98 Å². The minimum Gasteiger partial charge on any atom is -0.364 e. The van der Waals surface area contributed by atoms with Gasteiger partial charge in [0.2, 0.25) is 5.69 Å². The van der Waals surface area contributed by atoms with Crippen molar-refractivity contribution in [2.24, 2.45) is 0 Å². The molecule has 4 nitrogen and oxygen atoms in total. The molecule has 0 radical (unpaired) electrons. The lowest BCUT2D eigenvalue weighted by Gasteiger charge is -2.39. The summed E-state index contributed by atoms with van der Waals surface area (Å²) in [5.41, 5.74) is 1.35. The first-order valence-corrected chi connectivity index (χ1v) is 8.50. The Hall–Kier alpha value is -0.970. The highest BCUT2D eigenvalue weighted by atomic mass is 16.5. The van der Waals surface area contributed by atoms with Gasteiger partial charge in [-0.05, 0) is 19.9 Å². The zero-order valence-electron chi connectivity index (χ0n) is 13.4. The number of hydrogen-bond acceptors (Lipinski definition) is 1. The van der Waals surface area contributed by atoms with Crippen molar-refractivity contribution in [3.63, 3.8) is 0 Å². The quantitative estimate of drug-likeness (QED) is 0.716. The highest BCUT2D eigenvalue weighted by Crippen LogP contribution is 2.03. The zero-order chi connectivity index (χ0) is 14.7. The fourth-order valence-corrected chi connectivity index (χ4v) is 4.07. The molecule has 3 N–H and O–H groups in total. The van der Waals surface area contributed by atoms with Gasteiger partial charge in [-0.15, -0.1) is 0 Å². The molecule has 2 atom stereocenters. The lowest BCUT2D eigenvalue weighted by atomic mass is 10.0. The van der Waals surface area contributed by atoms with Gasteiger partial charge in [-0.1, -0.05) is 0 Å². The Bertz CT molecular complexity index is 421. The van der Waals surface area contributed by atoms with Crippen molar-refractivity contribution in [3.05, 3.63) is 30.1 Å². The number of morpholine rings is 1. The first-order valence-electron chi connectivity index (χ1n) is 8.50. The number of H-pyrrole nitrogens is 1. The van der Waals surface area contributed by atoms with Crippen molar-refractivity contribution in [2.45, 2.75) is 51.5 Å². The summed E-state index contributed by atoms with van der Waals surface area (Å²) in [6.07, 6.45) is 5.59. The van der Waals surface area contributed by atoms with E-state index in [0.29, 0.717) is 12.2 Å². The molecule has 0 spiro atoms. The topological polar surface area (TPSA) is 32.2 Å². The van der Waals surface area contributed by atoms with Crippen molar-refractivity contribution in [2.75, 3.05) is 26.2 Å². The van der Waals surface area contributed by atoms with Gasteiger partial charge in [0.25, 0.3) is 0 Å². The van der Waals surface area contributed by atoms with Crippen LogP contribution in [0.4, 0.5) is 0 Å². The van der Waals surface area contributed by atoms with Crippen LogP contribution in [0.25, 0.3) is 0 Å². The van der Waals surface area contributed by atoms with Crippen LogP contribution in [-0.2, 0) is 11.3 Å². The van der Waals surface area contributed by atoms with Gasteiger partial charge in [0.15, 0.2) is 12.7 Å². The first kappa shape index (κ1) is 14.9. The number of nitrogens with one attached hydrogen (secondary N) is 3. The van der Waals surface area contributed by atoms with Crippen molar-refractivity contribution < 1.29 is 19.5 Å². The maximum Gasteiger partial charge on any atom is 0.234 e. The van der Waals surface area contributed by atoms with Gasteiger partial charge >= 0.3 is 0 Å². The fourth-order valence-electron chi connectivity index (χ4n) is 4.07. The third-order valence-electron chi connectivity index (χ3n) is 5.05. The average molecular weight is 292 g/mol. The SMILES string of the molecule is CC1C[NH+](C2CC[NH+](Cc3cccc[nH+]3)CC2)CC(C)O1. The Kier molecular flexibility index (Phi) is 4.88. The number of rotatable bonds is 3. The number of aromatic amines is 1. The van der Waals surface area contributed by atoms with E-state index < -0.39 is 0 Å². The van der Waals surface area contributed by atoms with Gasteiger partial charge in [-0.3, -0.25) is 0 Å². The molecule has 0 aliphatic carbocycles. The minimum atomic E-state index is 0.424. The Balaban J connectivity index is 1.48. The Labute approximate surface area is 128 Å². The largest absolute Gasteiger partial charge is 0.364 e. The van der Waals surface area contributed by atoms with Crippen molar-refractivity contribution in [3.8, 4) is 0 Å². The molecule has 0 bridgehead atoms. The number of quaternary nitrogens is 2. The number of ether oxygens (including phenoxy) is 1. The van der Waals surface area contributed by atoms with E-state index in [9.17, 15) is 0 Å². The predicted molar refractivity (Wildman–Crippen MR) is 81.1 cm³/mol. The summed E-state index contributed by atoms with van der Waals surface area (Å²) in [6.45, 7) is 10.6. The highest BCUT2D eigenvalue weighted by molar-refractivity contribution is 4.94. The number of aromatic nitrogens is 1. The molecular formula is C17H30N3O+3. The Morgan fingerprint density at radius 1 is 1.14 bits per heavy atom. The van der Waals surface area contributed by atoms with E-state index in [1.54, 1.807) is 9.80 Å². The molecule has 21 heavy (non-hydrogen) atoms. The highest BCUT2D eigenvalue weighted by Gasteiger charge is 2.35. The van der Waals surface area contributed by atoms with Crippen LogP contribution in [0, 0.1) is 0 Å². The van der Waals surface area contributed by atoms with Gasteiger partial charge < -0.3 is 14.5 Å². The molecule has 3 rings (SSSR count). The summed E-state index contributed by atoms with van der Waals surface area (Å²) >= 11 is 0. The molecule has 2 aliphatic rings. The van der Waals surface area contributed by atoms with Gasteiger partial charge in [0, 0.05) is 25.0 Å². The maximum absolute atomic E-state index is 5.88. The van der Waals surface area contributed by atoms with Gasteiger partial charge in [0.05, 0.1) is 19.1 Å². The molecule has 3 heterocycles. The maximum atomic E-state index is 5.88. The second kappa shape index (κ2) is 6.86. The molecule has 0 amide bonds. The lowest BCUT2D eigenvalue weighted by molar-refractivity contribution is -0.972. The van der Waals surface area contributed by atoms with E-state index in [1.807, 2.05) is 6.20 Å². The van der Waals surface area contributed by atoms with Crippen molar-refractivity contribution in [1.82, 2.24) is 0 Å². The van der Waals surface area contributed by atoms with E-state index in [-0.39, 0.29) is 0 Å². The molecule has 2 saturated heterocycles. The van der Waals surface area contributed by atoms with Crippen LogP contribution in [0.3, 0.4) is 0 Å². The third kappa shape index (κ3) is 4.02. The standard InChI is InChI=1S/C17H27N3O/c1-14-11-20(12-15(2)21-14)17-6-9-19(10-7-17)13-16-5-3-4-8-18-16/h3-5,8,14-15,17H,6-7,9-13H2,1-2H3/p+3. The van der Waals surface area contributed by atoms with E-state index >= 15 is 0 Å². The fraction of sp³-hybridized carbons (Fsp3) is 0.706. The molecule has 1 aromatic heterocycles. The van der Waals surface area contributed by atoms with Crippen molar-refractivity contribution in [1.29, 1.82) is 0 Å². The normalized spacial score (nSPS) is 37.3. The van der Waals surface area contributed by atoms with Gasteiger partial charge in [-0.2, -0.15) is 0 Å². The van der Waals surface area contributed by atoms with E-state index in [4.69, 9.17) is 4.74 Å². The second-order valence-corrected chi connectivity index (χ2v) is 6.91. The molecule has 2 unspecified atom stereocenters. The van der Waals surface area contributed by atoms with Crippen LogP contribution in [0.5, 0.6) is 0 Å². The van der Waals surface area contributed by atoms with Crippen LogP contribution < -0.4 is 14.8 Å². The summed E-state index contributed by atoms with van der Waals surface area (Å²) in [5.74, 6) is 0. The van der Waals surface area contributed by atoms with Crippen molar-refractivity contribution >= 4 is 0 Å². The van der Waals surface area contributed by atoms with E-state index in [0.717, 1.165) is 12.6 Å². The molecule has 2 aliphatic heterocycles. The van der Waals surface area contributed by atoms with Crippen LogP contribution in [0.2, 0.25) is 0 Å². The predicted octanol–water partition coefficient (Wildman–Crippen LogP) is -1.26. The summed E-state index contributed by atoms with van der Waals surface area (Å²) in [4.78, 5) is 6.87. The lowest BCUT2D eigenvalue weighted by Crippen LogP contribution is -3.22. The summed E-state index contributed by atoms with van der Waals surface area (Å²) in [7, 11) is 0. The van der Waals surface area contributed by atoms with Crippen LogP contribution in [0.1, 0.15) is 32.4 Å². The molecule has 0 saturated carbocycles. The number of pyridine rings is 1. The third-order valence-corrected chi connectivity index (χ3v) is 5.05. The minimum absolute atomic E-state index is 0.424. The Morgan fingerprint density at radius 3 is 2.48 bits per heavy atom.